The fraction of sp³-hybridized carbons (Fsp3) is 0.0196. The molecule has 252 valence electrons. The lowest BCUT2D eigenvalue weighted by Gasteiger charge is -2.46. The number of hydrogen-bond donors (Lipinski definition) is 0. The van der Waals surface area contributed by atoms with Crippen LogP contribution in [-0.4, -0.2) is 0 Å². The maximum atomic E-state index is 6.59. The molecule has 1 unspecified atom stereocenters. The molecule has 0 bridgehead atoms. The van der Waals surface area contributed by atoms with Crippen LogP contribution in [0.1, 0.15) is 22.3 Å². The van der Waals surface area contributed by atoms with Crippen LogP contribution in [0.3, 0.4) is 0 Å². The highest BCUT2D eigenvalue weighted by molar-refractivity contribution is 7.99. The number of furan rings is 1. The van der Waals surface area contributed by atoms with E-state index in [-0.39, 0.29) is 0 Å². The molecule has 12 rings (SSSR count). The molecule has 2 aliphatic rings. The molecular formula is C51H31NOS. The second-order valence-corrected chi connectivity index (χ2v) is 15.5. The Balaban J connectivity index is 1.10. The number of hydrogen-bond acceptors (Lipinski definition) is 3. The van der Waals surface area contributed by atoms with E-state index in [0.717, 1.165) is 39.0 Å². The maximum absolute atomic E-state index is 6.59. The zero-order chi connectivity index (χ0) is 35.4. The first-order valence-corrected chi connectivity index (χ1v) is 19.3. The largest absolute Gasteiger partial charge is 0.456 e. The Bertz CT molecular complexity index is 3160. The first kappa shape index (κ1) is 30.0. The fourth-order valence-electron chi connectivity index (χ4n) is 9.44. The Morgan fingerprint density at radius 2 is 1.02 bits per heavy atom. The lowest BCUT2D eigenvalue weighted by Crippen LogP contribution is -2.36. The lowest BCUT2D eigenvalue weighted by molar-refractivity contribution is 0.669. The molecule has 3 heteroatoms. The van der Waals surface area contributed by atoms with Crippen molar-refractivity contribution < 1.29 is 4.42 Å². The van der Waals surface area contributed by atoms with Crippen LogP contribution < -0.4 is 4.90 Å². The summed E-state index contributed by atoms with van der Waals surface area (Å²) in [5.74, 6) is 0. The van der Waals surface area contributed by atoms with Crippen LogP contribution in [-0.2, 0) is 5.41 Å². The molecule has 0 radical (unpaired) electrons. The third kappa shape index (κ3) is 4.07. The van der Waals surface area contributed by atoms with Crippen LogP contribution in [0.25, 0.3) is 54.6 Å². The highest BCUT2D eigenvalue weighted by Crippen LogP contribution is 2.61. The van der Waals surface area contributed by atoms with Gasteiger partial charge in [-0.05, 0) is 110 Å². The van der Waals surface area contributed by atoms with Gasteiger partial charge in [0.15, 0.2) is 0 Å². The van der Waals surface area contributed by atoms with Gasteiger partial charge in [-0.15, -0.1) is 0 Å². The van der Waals surface area contributed by atoms with E-state index in [2.05, 4.69) is 193 Å². The van der Waals surface area contributed by atoms with Crippen molar-refractivity contribution in [3.05, 3.63) is 210 Å². The summed E-state index contributed by atoms with van der Waals surface area (Å²) in [4.78, 5) is 4.91. The predicted octanol–water partition coefficient (Wildman–Crippen LogP) is 14.2. The first-order chi connectivity index (χ1) is 26.8. The quantitative estimate of drug-likeness (QED) is 0.182. The summed E-state index contributed by atoms with van der Waals surface area (Å²) in [6, 6.07) is 69.1. The molecule has 1 aromatic heterocycles. The lowest BCUT2D eigenvalue weighted by atomic mass is 9.59. The van der Waals surface area contributed by atoms with Crippen molar-refractivity contribution in [2.75, 3.05) is 4.90 Å². The van der Waals surface area contributed by atoms with Gasteiger partial charge in [0.2, 0.25) is 0 Å². The zero-order valence-electron chi connectivity index (χ0n) is 29.2. The van der Waals surface area contributed by atoms with Gasteiger partial charge in [-0.2, -0.15) is 0 Å². The van der Waals surface area contributed by atoms with Gasteiger partial charge in [-0.3, -0.25) is 0 Å². The van der Waals surface area contributed by atoms with Crippen molar-refractivity contribution >= 4 is 72.3 Å². The third-order valence-corrected chi connectivity index (χ3v) is 12.8. The molecule has 1 aliphatic carbocycles. The van der Waals surface area contributed by atoms with Crippen molar-refractivity contribution in [1.82, 2.24) is 0 Å². The van der Waals surface area contributed by atoms with Crippen molar-refractivity contribution in [3.63, 3.8) is 0 Å². The van der Waals surface area contributed by atoms with E-state index in [1.54, 1.807) is 0 Å². The summed E-state index contributed by atoms with van der Waals surface area (Å²) in [5, 5.41) is 7.28. The number of benzene rings is 9. The Hall–Kier alpha value is -6.55. The molecular weight excluding hydrogens is 675 g/mol. The third-order valence-electron chi connectivity index (χ3n) is 11.7. The minimum atomic E-state index is -0.478. The van der Waals surface area contributed by atoms with Crippen molar-refractivity contribution in [3.8, 4) is 11.1 Å². The molecule has 0 saturated carbocycles. The minimum absolute atomic E-state index is 0.478. The van der Waals surface area contributed by atoms with E-state index in [1.165, 1.54) is 64.7 Å². The van der Waals surface area contributed by atoms with Gasteiger partial charge >= 0.3 is 0 Å². The molecule has 2 heterocycles. The fourth-order valence-corrected chi connectivity index (χ4v) is 10.7. The van der Waals surface area contributed by atoms with E-state index >= 15 is 0 Å². The maximum Gasteiger partial charge on any atom is 0.137 e. The Morgan fingerprint density at radius 3 is 1.91 bits per heavy atom. The second-order valence-electron chi connectivity index (χ2n) is 14.4. The number of nitrogens with zero attached hydrogens (tertiary/aromatic N) is 1. The number of para-hydroxylation sites is 1. The Morgan fingerprint density at radius 1 is 0.389 bits per heavy atom. The van der Waals surface area contributed by atoms with Crippen LogP contribution in [0.5, 0.6) is 0 Å². The first-order valence-electron chi connectivity index (χ1n) is 18.5. The summed E-state index contributed by atoms with van der Waals surface area (Å²) in [6.45, 7) is 0. The van der Waals surface area contributed by atoms with E-state index in [0.29, 0.717) is 0 Å². The van der Waals surface area contributed by atoms with Gasteiger partial charge in [0.1, 0.15) is 11.2 Å². The van der Waals surface area contributed by atoms with E-state index in [1.807, 2.05) is 11.8 Å². The summed E-state index contributed by atoms with van der Waals surface area (Å²) in [7, 11) is 0. The van der Waals surface area contributed by atoms with Crippen molar-refractivity contribution in [2.45, 2.75) is 15.2 Å². The van der Waals surface area contributed by atoms with Gasteiger partial charge in [0.25, 0.3) is 0 Å². The van der Waals surface area contributed by atoms with Crippen molar-refractivity contribution in [2.24, 2.45) is 0 Å². The standard InChI is InChI=1S/C51H31NOS/c1-2-16-35(17-3-1)52(36-24-26-39-41-28-33-12-4-5-13-34(33)29-46(41)53-47(39)30-36)37-25-27-44-49(31-37)54-48-23-9-8-21-43(48)51(44)42-20-7-6-18-38(42)40-19-10-14-32-15-11-22-45(51)50(32)40/h1-31H. The summed E-state index contributed by atoms with van der Waals surface area (Å²) in [5.41, 5.74) is 12.5. The zero-order valence-corrected chi connectivity index (χ0v) is 30.0. The smallest absolute Gasteiger partial charge is 0.137 e. The van der Waals surface area contributed by atoms with Crippen LogP contribution in [0, 0.1) is 0 Å². The molecule has 0 fully saturated rings. The molecule has 1 spiro atoms. The summed E-state index contributed by atoms with van der Waals surface area (Å²) < 4.78 is 6.59. The van der Waals surface area contributed by atoms with Crippen molar-refractivity contribution in [1.29, 1.82) is 0 Å². The molecule has 1 aliphatic heterocycles. The molecule has 10 aromatic rings. The number of anilines is 3. The molecule has 0 saturated heterocycles. The van der Waals surface area contributed by atoms with Gasteiger partial charge in [0, 0.05) is 43.7 Å². The monoisotopic (exact) mass is 705 g/mol. The van der Waals surface area contributed by atoms with E-state index in [9.17, 15) is 0 Å². The Labute approximate surface area is 316 Å². The van der Waals surface area contributed by atoms with Crippen LogP contribution in [0.2, 0.25) is 0 Å². The average Bonchev–Trinajstić information content (AvgIpc) is 3.58. The number of rotatable bonds is 3. The summed E-state index contributed by atoms with van der Waals surface area (Å²) >= 11 is 1.88. The predicted molar refractivity (Wildman–Crippen MR) is 225 cm³/mol. The Kier molecular flexibility index (Phi) is 6.23. The minimum Gasteiger partial charge on any atom is -0.456 e. The van der Waals surface area contributed by atoms with E-state index in [4.69, 9.17) is 4.42 Å². The second kappa shape index (κ2) is 11.2. The van der Waals surface area contributed by atoms with Crippen LogP contribution >= 0.6 is 11.8 Å². The summed E-state index contributed by atoms with van der Waals surface area (Å²) in [6.07, 6.45) is 0. The highest BCUT2D eigenvalue weighted by atomic mass is 32.2. The molecule has 9 aromatic carbocycles. The molecule has 1 atom stereocenters. The molecule has 0 amide bonds. The molecule has 0 N–H and O–H groups in total. The van der Waals surface area contributed by atoms with Gasteiger partial charge in [0.05, 0.1) is 5.41 Å². The molecule has 54 heavy (non-hydrogen) atoms. The van der Waals surface area contributed by atoms with Gasteiger partial charge in [-0.25, -0.2) is 0 Å². The highest BCUT2D eigenvalue weighted by Gasteiger charge is 2.48. The van der Waals surface area contributed by atoms with Crippen LogP contribution in [0.15, 0.2) is 202 Å². The number of fused-ring (bicyclic) bond motifs is 12. The SMILES string of the molecule is c1ccc(N(c2ccc3c(c2)Sc2ccccc2C32c3ccccc3-c3cccc4cccc2c34)c2ccc3c(c2)oc2cc4ccccc4cc23)cc1. The van der Waals surface area contributed by atoms with Gasteiger partial charge in [-0.1, -0.05) is 139 Å². The van der Waals surface area contributed by atoms with E-state index < -0.39 is 5.41 Å². The van der Waals surface area contributed by atoms with Crippen LogP contribution in [0.4, 0.5) is 17.1 Å². The van der Waals surface area contributed by atoms with Gasteiger partial charge < -0.3 is 9.32 Å². The average molecular weight is 706 g/mol. The normalized spacial score (nSPS) is 15.4. The topological polar surface area (TPSA) is 16.4 Å². The molecule has 2 nitrogen and oxygen atoms in total.